The molecule has 2 aliphatic rings. The van der Waals surface area contributed by atoms with Crippen LogP contribution in [0.15, 0.2) is 6.33 Å². The second-order valence-electron chi connectivity index (χ2n) is 6.27. The van der Waals surface area contributed by atoms with Gasteiger partial charge >= 0.3 is 0 Å². The Hall–Kier alpha value is -1.36. The number of hydrogen-bond donors (Lipinski definition) is 0. The van der Waals surface area contributed by atoms with Crippen molar-refractivity contribution in [2.75, 3.05) is 11.4 Å². The van der Waals surface area contributed by atoms with E-state index in [-0.39, 0.29) is 0 Å². The van der Waals surface area contributed by atoms with Crippen LogP contribution in [0.2, 0.25) is 5.15 Å². The molecule has 1 aliphatic carbocycles. The van der Waals surface area contributed by atoms with Gasteiger partial charge in [-0.05, 0) is 38.5 Å². The van der Waals surface area contributed by atoms with E-state index in [0.717, 1.165) is 23.8 Å². The largest absolute Gasteiger partial charge is 0.353 e. The SMILES string of the molecule is Cc1c(Cl)nc2ncnn2c1N1CCCC2CCCCC21. The lowest BCUT2D eigenvalue weighted by atomic mass is 9.78. The van der Waals surface area contributed by atoms with Gasteiger partial charge in [0.1, 0.15) is 17.3 Å². The lowest BCUT2D eigenvalue weighted by molar-refractivity contribution is 0.242. The third-order valence-corrected chi connectivity index (χ3v) is 5.46. The summed E-state index contributed by atoms with van der Waals surface area (Å²) in [5.41, 5.74) is 1.01. The number of halogens is 1. The van der Waals surface area contributed by atoms with Crippen molar-refractivity contribution in [2.24, 2.45) is 5.92 Å². The summed E-state index contributed by atoms with van der Waals surface area (Å²) in [7, 11) is 0. The maximum atomic E-state index is 6.33. The highest BCUT2D eigenvalue weighted by Gasteiger charge is 2.35. The minimum absolute atomic E-state index is 0.545. The van der Waals surface area contributed by atoms with Crippen molar-refractivity contribution in [1.29, 1.82) is 0 Å². The highest BCUT2D eigenvalue weighted by atomic mass is 35.5. The van der Waals surface area contributed by atoms with E-state index in [1.807, 2.05) is 11.4 Å². The van der Waals surface area contributed by atoms with Crippen LogP contribution in [-0.2, 0) is 0 Å². The van der Waals surface area contributed by atoms with Crippen LogP contribution in [-0.4, -0.2) is 32.2 Å². The minimum atomic E-state index is 0.545. The average Bonchev–Trinajstić information content (AvgIpc) is 2.96. The summed E-state index contributed by atoms with van der Waals surface area (Å²) in [5.74, 6) is 2.51. The first kappa shape index (κ1) is 13.3. The standard InChI is InChI=1S/C15H20ClN5/c1-10-13(16)19-15-17-9-18-21(15)14(10)20-8-4-6-11-5-2-3-7-12(11)20/h9,11-12H,2-8H2,1H3. The zero-order valence-corrected chi connectivity index (χ0v) is 13.1. The fraction of sp³-hybridized carbons (Fsp3) is 0.667. The molecule has 5 nitrogen and oxygen atoms in total. The zero-order chi connectivity index (χ0) is 14.4. The summed E-state index contributed by atoms with van der Waals surface area (Å²) in [4.78, 5) is 11.1. The Bertz CT molecular complexity index is 665. The van der Waals surface area contributed by atoms with E-state index in [1.165, 1.54) is 38.5 Å². The number of piperidine rings is 1. The number of hydrogen-bond acceptors (Lipinski definition) is 4. The van der Waals surface area contributed by atoms with Crippen molar-refractivity contribution < 1.29 is 0 Å². The number of rotatable bonds is 1. The molecule has 1 saturated carbocycles. The number of nitrogens with zero attached hydrogens (tertiary/aromatic N) is 5. The smallest absolute Gasteiger partial charge is 0.255 e. The predicted molar refractivity (Wildman–Crippen MR) is 82.9 cm³/mol. The molecule has 0 radical (unpaired) electrons. The number of aromatic nitrogens is 4. The molecule has 112 valence electrons. The van der Waals surface area contributed by atoms with E-state index in [9.17, 15) is 0 Å². The second-order valence-corrected chi connectivity index (χ2v) is 6.63. The lowest BCUT2D eigenvalue weighted by Crippen LogP contribution is -2.48. The molecule has 3 heterocycles. The molecule has 2 fully saturated rings. The van der Waals surface area contributed by atoms with Crippen LogP contribution in [0, 0.1) is 12.8 Å². The normalized spacial score (nSPS) is 26.1. The molecule has 4 rings (SSSR count). The van der Waals surface area contributed by atoms with Crippen molar-refractivity contribution in [3.8, 4) is 0 Å². The number of anilines is 1. The zero-order valence-electron chi connectivity index (χ0n) is 12.3. The summed E-state index contributed by atoms with van der Waals surface area (Å²) in [5, 5.41) is 4.92. The second kappa shape index (κ2) is 5.13. The van der Waals surface area contributed by atoms with Gasteiger partial charge in [0.25, 0.3) is 5.78 Å². The molecule has 0 aromatic carbocycles. The van der Waals surface area contributed by atoms with Crippen LogP contribution < -0.4 is 4.90 Å². The van der Waals surface area contributed by atoms with E-state index in [2.05, 4.69) is 20.0 Å². The summed E-state index contributed by atoms with van der Waals surface area (Å²) >= 11 is 6.33. The van der Waals surface area contributed by atoms with Crippen LogP contribution in [0.25, 0.3) is 5.78 Å². The van der Waals surface area contributed by atoms with E-state index in [4.69, 9.17) is 11.6 Å². The van der Waals surface area contributed by atoms with Gasteiger partial charge in [-0.1, -0.05) is 24.4 Å². The average molecular weight is 306 g/mol. The molecular formula is C15H20ClN5. The van der Waals surface area contributed by atoms with Crippen LogP contribution >= 0.6 is 11.6 Å². The maximum absolute atomic E-state index is 6.33. The molecule has 0 spiro atoms. The molecule has 2 unspecified atom stereocenters. The Morgan fingerprint density at radius 2 is 2.00 bits per heavy atom. The Morgan fingerprint density at radius 1 is 1.19 bits per heavy atom. The maximum Gasteiger partial charge on any atom is 0.255 e. The number of fused-ring (bicyclic) bond motifs is 2. The highest BCUT2D eigenvalue weighted by Crippen LogP contribution is 2.39. The van der Waals surface area contributed by atoms with E-state index < -0.39 is 0 Å². The predicted octanol–water partition coefficient (Wildman–Crippen LogP) is 3.25. The van der Waals surface area contributed by atoms with Crippen LogP contribution in [0.4, 0.5) is 5.82 Å². The molecule has 0 amide bonds. The molecular weight excluding hydrogens is 286 g/mol. The summed E-state index contributed by atoms with van der Waals surface area (Å²) in [6.07, 6.45) is 9.51. The van der Waals surface area contributed by atoms with Crippen molar-refractivity contribution >= 4 is 23.2 Å². The first-order valence-corrected chi connectivity index (χ1v) is 8.26. The molecule has 2 atom stereocenters. The van der Waals surface area contributed by atoms with E-state index in [1.54, 1.807) is 6.33 Å². The van der Waals surface area contributed by atoms with Gasteiger partial charge in [0.15, 0.2) is 0 Å². The van der Waals surface area contributed by atoms with Gasteiger partial charge in [-0.15, -0.1) is 0 Å². The van der Waals surface area contributed by atoms with Crippen LogP contribution in [0.3, 0.4) is 0 Å². The van der Waals surface area contributed by atoms with Crippen LogP contribution in [0.1, 0.15) is 44.1 Å². The fourth-order valence-corrected chi connectivity index (χ4v) is 4.27. The fourth-order valence-electron chi connectivity index (χ4n) is 4.11. The van der Waals surface area contributed by atoms with Gasteiger partial charge in [0.2, 0.25) is 0 Å². The molecule has 2 aromatic heterocycles. The monoisotopic (exact) mass is 305 g/mol. The quantitative estimate of drug-likeness (QED) is 0.759. The highest BCUT2D eigenvalue weighted by molar-refractivity contribution is 6.30. The van der Waals surface area contributed by atoms with Gasteiger partial charge < -0.3 is 4.90 Å². The van der Waals surface area contributed by atoms with Crippen molar-refractivity contribution in [3.63, 3.8) is 0 Å². The third kappa shape index (κ3) is 2.09. The Morgan fingerprint density at radius 3 is 2.90 bits per heavy atom. The Balaban J connectivity index is 1.84. The van der Waals surface area contributed by atoms with Crippen molar-refractivity contribution in [2.45, 2.75) is 51.5 Å². The van der Waals surface area contributed by atoms with Crippen molar-refractivity contribution in [3.05, 3.63) is 17.0 Å². The Kier molecular flexibility index (Phi) is 3.25. The van der Waals surface area contributed by atoms with Crippen molar-refractivity contribution in [1.82, 2.24) is 19.6 Å². The summed E-state index contributed by atoms with van der Waals surface area (Å²) in [6.45, 7) is 3.12. The van der Waals surface area contributed by atoms with Crippen LogP contribution in [0.5, 0.6) is 0 Å². The molecule has 1 saturated heterocycles. The minimum Gasteiger partial charge on any atom is -0.353 e. The topological polar surface area (TPSA) is 46.3 Å². The van der Waals surface area contributed by atoms with E-state index >= 15 is 0 Å². The van der Waals surface area contributed by atoms with Gasteiger partial charge in [-0.25, -0.2) is 0 Å². The molecule has 21 heavy (non-hydrogen) atoms. The molecule has 0 bridgehead atoms. The summed E-state index contributed by atoms with van der Waals surface area (Å²) in [6, 6.07) is 0.622. The van der Waals surface area contributed by atoms with Gasteiger partial charge in [-0.3, -0.25) is 0 Å². The molecule has 0 N–H and O–H groups in total. The lowest BCUT2D eigenvalue weighted by Gasteiger charge is -2.45. The van der Waals surface area contributed by atoms with Gasteiger partial charge in [0, 0.05) is 18.2 Å². The first-order chi connectivity index (χ1) is 10.3. The van der Waals surface area contributed by atoms with E-state index in [0.29, 0.717) is 17.0 Å². The Labute approximate surface area is 129 Å². The first-order valence-electron chi connectivity index (χ1n) is 7.88. The van der Waals surface area contributed by atoms with Gasteiger partial charge in [-0.2, -0.15) is 19.6 Å². The third-order valence-electron chi connectivity index (χ3n) is 5.09. The molecule has 1 aliphatic heterocycles. The van der Waals surface area contributed by atoms with Gasteiger partial charge in [0.05, 0.1) is 0 Å². The molecule has 6 heteroatoms. The summed E-state index contributed by atoms with van der Waals surface area (Å²) < 4.78 is 1.86. The molecule has 2 aromatic rings.